The second-order valence-electron chi connectivity index (χ2n) is 7.17. The van der Waals surface area contributed by atoms with Gasteiger partial charge < -0.3 is 5.32 Å². The number of carbonyl (C=O) groups excluding carboxylic acids is 1. The summed E-state index contributed by atoms with van der Waals surface area (Å²) in [6, 6.07) is 12.0. The Balaban J connectivity index is 1.95. The number of aromatic nitrogens is 1. The van der Waals surface area contributed by atoms with E-state index in [0.717, 1.165) is 33.3 Å². The summed E-state index contributed by atoms with van der Waals surface area (Å²) in [5, 5.41) is 3.36. The van der Waals surface area contributed by atoms with E-state index in [0.29, 0.717) is 12.2 Å². The van der Waals surface area contributed by atoms with Crippen LogP contribution in [0, 0.1) is 5.41 Å². The van der Waals surface area contributed by atoms with E-state index < -0.39 is 0 Å². The maximum Gasteiger partial charge on any atom is 0.157 e. The molecule has 0 bridgehead atoms. The zero-order chi connectivity index (χ0) is 18.0. The van der Waals surface area contributed by atoms with E-state index in [1.54, 1.807) is 12.3 Å². The molecule has 3 nitrogen and oxygen atoms in total. The van der Waals surface area contributed by atoms with Crippen LogP contribution in [-0.4, -0.2) is 10.8 Å². The van der Waals surface area contributed by atoms with Crippen molar-refractivity contribution >= 4 is 33.1 Å². The molecule has 4 heteroatoms. The third-order valence-corrected chi connectivity index (χ3v) is 4.67. The molecule has 128 valence electrons. The topological polar surface area (TPSA) is 42.0 Å². The van der Waals surface area contributed by atoms with Gasteiger partial charge in [-0.25, -0.2) is 4.98 Å². The van der Waals surface area contributed by atoms with Gasteiger partial charge in [-0.3, -0.25) is 4.79 Å². The minimum Gasteiger partial charge on any atom is -0.343 e. The van der Waals surface area contributed by atoms with Crippen molar-refractivity contribution in [3.8, 4) is 0 Å². The Morgan fingerprint density at radius 3 is 2.64 bits per heavy atom. The summed E-state index contributed by atoms with van der Waals surface area (Å²) < 4.78 is 0.888. The molecule has 0 spiro atoms. The lowest BCUT2D eigenvalue weighted by Crippen LogP contribution is -2.24. The summed E-state index contributed by atoms with van der Waals surface area (Å²) in [6.45, 7) is 8.47. The molecular weight excluding hydrogens is 376 g/mol. The highest BCUT2D eigenvalue weighted by Crippen LogP contribution is 2.35. The molecule has 1 aromatic carbocycles. The van der Waals surface area contributed by atoms with Crippen LogP contribution in [0.5, 0.6) is 0 Å². The van der Waals surface area contributed by atoms with E-state index >= 15 is 0 Å². The number of halogens is 1. The van der Waals surface area contributed by atoms with Gasteiger partial charge in [-0.05, 0) is 45.0 Å². The number of carbonyl (C=O) groups is 1. The van der Waals surface area contributed by atoms with E-state index in [1.165, 1.54) is 0 Å². The molecule has 0 atom stereocenters. The lowest BCUT2D eigenvalue weighted by Gasteiger charge is -2.29. The van der Waals surface area contributed by atoms with Gasteiger partial charge in [0.15, 0.2) is 5.78 Å². The van der Waals surface area contributed by atoms with Crippen molar-refractivity contribution in [1.82, 2.24) is 4.98 Å². The molecular formula is C21H21BrN2O. The first-order valence-electron chi connectivity index (χ1n) is 8.25. The highest BCUT2D eigenvalue weighted by molar-refractivity contribution is 9.10. The average molecular weight is 397 g/mol. The van der Waals surface area contributed by atoms with Crippen molar-refractivity contribution in [1.29, 1.82) is 0 Å². The van der Waals surface area contributed by atoms with Gasteiger partial charge in [-0.1, -0.05) is 50.8 Å². The van der Waals surface area contributed by atoms with Crippen LogP contribution < -0.4 is 5.32 Å². The fourth-order valence-electron chi connectivity index (χ4n) is 3.14. The number of hydrogen-bond donors (Lipinski definition) is 1. The third-order valence-electron chi connectivity index (χ3n) is 4.24. The van der Waals surface area contributed by atoms with Crippen molar-refractivity contribution < 1.29 is 4.79 Å². The van der Waals surface area contributed by atoms with Gasteiger partial charge >= 0.3 is 0 Å². The molecule has 2 aromatic rings. The van der Waals surface area contributed by atoms with Crippen LogP contribution in [0.1, 0.15) is 37.8 Å². The summed E-state index contributed by atoms with van der Waals surface area (Å²) in [6.07, 6.45) is 4.84. The number of anilines is 1. The second kappa shape index (κ2) is 6.96. The number of allylic oxidation sites excluding steroid dienone is 2. The quantitative estimate of drug-likeness (QED) is 0.731. The van der Waals surface area contributed by atoms with Crippen molar-refractivity contribution in [2.24, 2.45) is 5.41 Å². The van der Waals surface area contributed by atoms with Crippen LogP contribution in [-0.2, 0) is 4.79 Å². The lowest BCUT2D eigenvalue weighted by molar-refractivity contribution is -0.117. The summed E-state index contributed by atoms with van der Waals surface area (Å²) in [5.74, 6) is 0.869. The fourth-order valence-corrected chi connectivity index (χ4v) is 3.47. The number of nitrogens with zero attached hydrogens (tertiary/aromatic N) is 1. The Morgan fingerprint density at radius 1 is 1.24 bits per heavy atom. The van der Waals surface area contributed by atoms with Crippen LogP contribution in [0.15, 0.2) is 65.4 Å². The van der Waals surface area contributed by atoms with E-state index in [2.05, 4.69) is 46.7 Å². The zero-order valence-electron chi connectivity index (χ0n) is 14.5. The van der Waals surface area contributed by atoms with E-state index in [-0.39, 0.29) is 11.2 Å². The zero-order valence-corrected chi connectivity index (χ0v) is 16.1. The predicted octanol–water partition coefficient (Wildman–Crippen LogP) is 5.59. The molecule has 0 amide bonds. The number of pyridine rings is 1. The number of hydrogen-bond acceptors (Lipinski definition) is 3. The second-order valence-corrected chi connectivity index (χ2v) is 8.09. The average Bonchev–Trinajstić information content (AvgIpc) is 2.55. The Labute approximate surface area is 157 Å². The Morgan fingerprint density at radius 2 is 1.96 bits per heavy atom. The summed E-state index contributed by atoms with van der Waals surface area (Å²) in [5.41, 5.74) is 3.70. The molecule has 1 aliphatic carbocycles. The molecule has 0 aliphatic heterocycles. The first-order valence-corrected chi connectivity index (χ1v) is 9.04. The fraction of sp³-hybridized carbons (Fsp3) is 0.238. The van der Waals surface area contributed by atoms with Crippen LogP contribution in [0.2, 0.25) is 0 Å². The lowest BCUT2D eigenvalue weighted by atomic mass is 9.79. The largest absolute Gasteiger partial charge is 0.343 e. The molecule has 1 N–H and O–H groups in total. The summed E-state index contributed by atoms with van der Waals surface area (Å²) in [7, 11) is 0. The van der Waals surface area contributed by atoms with Crippen molar-refractivity contribution in [2.75, 3.05) is 5.32 Å². The van der Waals surface area contributed by atoms with Crippen LogP contribution in [0.3, 0.4) is 0 Å². The van der Waals surface area contributed by atoms with Crippen molar-refractivity contribution in [2.45, 2.75) is 26.7 Å². The van der Waals surface area contributed by atoms with Gasteiger partial charge in [0, 0.05) is 34.4 Å². The first kappa shape index (κ1) is 17.6. The number of rotatable bonds is 4. The summed E-state index contributed by atoms with van der Waals surface area (Å²) >= 11 is 3.49. The highest BCUT2D eigenvalue weighted by atomic mass is 79.9. The van der Waals surface area contributed by atoms with Gasteiger partial charge in [-0.15, -0.1) is 0 Å². The van der Waals surface area contributed by atoms with Crippen molar-refractivity contribution in [3.63, 3.8) is 0 Å². The standard InChI is InChI=1S/C21H21BrN2O/c1-14(15-7-5-4-6-8-15)19-9-16(22)13-23-20(19)24-17-10-18(25)12-21(2,3)11-17/h4-10,13H,1,11-12H2,2-3H3,(H,23,24). The molecule has 0 radical (unpaired) electrons. The van der Waals surface area contributed by atoms with Crippen LogP contribution >= 0.6 is 15.9 Å². The molecule has 0 saturated heterocycles. The molecule has 3 rings (SSSR count). The van der Waals surface area contributed by atoms with Crippen molar-refractivity contribution in [3.05, 3.63) is 76.5 Å². The monoisotopic (exact) mass is 396 g/mol. The molecule has 0 unspecified atom stereocenters. The van der Waals surface area contributed by atoms with Gasteiger partial charge in [0.2, 0.25) is 0 Å². The smallest absolute Gasteiger partial charge is 0.157 e. The van der Waals surface area contributed by atoms with Gasteiger partial charge in [0.25, 0.3) is 0 Å². The predicted molar refractivity (Wildman–Crippen MR) is 106 cm³/mol. The Bertz CT molecular complexity index is 853. The minimum atomic E-state index is -0.0415. The van der Waals surface area contributed by atoms with E-state index in [4.69, 9.17) is 0 Å². The van der Waals surface area contributed by atoms with E-state index in [9.17, 15) is 4.79 Å². The normalized spacial score (nSPS) is 16.3. The SMILES string of the molecule is C=C(c1ccccc1)c1cc(Br)cnc1NC1=CC(=O)CC(C)(C)C1. The maximum atomic E-state index is 12.0. The molecule has 1 aliphatic rings. The van der Waals surface area contributed by atoms with Gasteiger partial charge in [0.1, 0.15) is 5.82 Å². The van der Waals surface area contributed by atoms with Crippen LogP contribution in [0.25, 0.3) is 5.57 Å². The number of nitrogens with one attached hydrogen (secondary N) is 1. The van der Waals surface area contributed by atoms with Gasteiger partial charge in [-0.2, -0.15) is 0 Å². The summed E-state index contributed by atoms with van der Waals surface area (Å²) in [4.78, 5) is 16.5. The third kappa shape index (κ3) is 4.26. The Kier molecular flexibility index (Phi) is 4.91. The number of ketones is 1. The molecule has 0 saturated carbocycles. The molecule has 0 fully saturated rings. The highest BCUT2D eigenvalue weighted by Gasteiger charge is 2.28. The van der Waals surface area contributed by atoms with E-state index in [1.807, 2.05) is 36.4 Å². The Hall–Kier alpha value is -2.20. The molecule has 1 aromatic heterocycles. The maximum absolute atomic E-state index is 12.0. The molecule has 1 heterocycles. The van der Waals surface area contributed by atoms with Crippen LogP contribution in [0.4, 0.5) is 5.82 Å². The minimum absolute atomic E-state index is 0.0415. The molecule has 25 heavy (non-hydrogen) atoms. The number of benzene rings is 1. The first-order chi connectivity index (χ1) is 11.8. The van der Waals surface area contributed by atoms with Gasteiger partial charge in [0.05, 0.1) is 0 Å².